The fourth-order valence-electron chi connectivity index (χ4n) is 2.42. The topological polar surface area (TPSA) is 98.2 Å². The summed E-state index contributed by atoms with van der Waals surface area (Å²) < 4.78 is 0. The lowest BCUT2D eigenvalue weighted by Gasteiger charge is -2.21. The van der Waals surface area contributed by atoms with Gasteiger partial charge in [-0.1, -0.05) is 44.2 Å². The van der Waals surface area contributed by atoms with Crippen molar-refractivity contribution in [1.29, 1.82) is 0 Å². The number of Topliss-reactive ketones (excluding diaryl/α,β-unsaturated/α-hetero) is 1. The molecule has 0 bridgehead atoms. The molecule has 0 radical (unpaired) electrons. The number of nitrogens with two attached hydrogens (primary N) is 2. The van der Waals surface area contributed by atoms with Gasteiger partial charge in [-0.3, -0.25) is 9.59 Å². The predicted octanol–water partition coefficient (Wildman–Crippen LogP) is 1.40. The number of ketones is 1. The molecule has 23 heavy (non-hydrogen) atoms. The second kappa shape index (κ2) is 10.1. The van der Waals surface area contributed by atoms with Gasteiger partial charge >= 0.3 is 0 Å². The minimum atomic E-state index is -0.658. The molecule has 1 aromatic rings. The molecule has 2 unspecified atom stereocenters. The van der Waals surface area contributed by atoms with E-state index in [1.54, 1.807) is 0 Å². The number of rotatable bonds is 10. The van der Waals surface area contributed by atoms with Gasteiger partial charge in [0, 0.05) is 5.92 Å². The molecule has 5 heteroatoms. The molecule has 0 aliphatic heterocycles. The lowest BCUT2D eigenvalue weighted by Crippen LogP contribution is -2.50. The molecule has 0 aliphatic carbocycles. The van der Waals surface area contributed by atoms with Gasteiger partial charge in [0.15, 0.2) is 5.78 Å². The Morgan fingerprint density at radius 3 is 2.35 bits per heavy atom. The molecule has 0 saturated heterocycles. The summed E-state index contributed by atoms with van der Waals surface area (Å²) in [6.07, 6.45) is 2.72. The number of amides is 1. The van der Waals surface area contributed by atoms with Crippen molar-refractivity contribution in [3.8, 4) is 0 Å². The zero-order chi connectivity index (χ0) is 17.2. The molecule has 5 N–H and O–H groups in total. The summed E-state index contributed by atoms with van der Waals surface area (Å²) in [6, 6.07) is 8.49. The first-order chi connectivity index (χ1) is 11.0. The maximum Gasteiger partial charge on any atom is 0.237 e. The van der Waals surface area contributed by atoms with Crippen LogP contribution in [0.25, 0.3) is 0 Å². The number of hydrogen-bond donors (Lipinski definition) is 3. The standard InChI is InChI=1S/C18H29N3O2/c1-13(2)17(22)16(10-6-7-11-19)21-18(23)15(20)12-14-8-4-3-5-9-14/h3-5,8-9,13,15-16H,6-7,10-12,19-20H2,1-2H3,(H,21,23). The molecule has 2 atom stereocenters. The van der Waals surface area contributed by atoms with Crippen molar-refractivity contribution in [3.05, 3.63) is 35.9 Å². The van der Waals surface area contributed by atoms with Crippen LogP contribution in [0.2, 0.25) is 0 Å². The molecular weight excluding hydrogens is 290 g/mol. The van der Waals surface area contributed by atoms with Gasteiger partial charge in [-0.2, -0.15) is 0 Å². The van der Waals surface area contributed by atoms with Gasteiger partial charge in [-0.15, -0.1) is 0 Å². The Kier molecular flexibility index (Phi) is 8.51. The summed E-state index contributed by atoms with van der Waals surface area (Å²) >= 11 is 0. The summed E-state index contributed by atoms with van der Waals surface area (Å²) in [6.45, 7) is 4.27. The first-order valence-corrected chi connectivity index (χ1v) is 8.29. The van der Waals surface area contributed by atoms with Crippen molar-refractivity contribution < 1.29 is 9.59 Å². The van der Waals surface area contributed by atoms with Gasteiger partial charge in [0.25, 0.3) is 0 Å². The van der Waals surface area contributed by atoms with Crippen LogP contribution >= 0.6 is 0 Å². The minimum Gasteiger partial charge on any atom is -0.345 e. The van der Waals surface area contributed by atoms with E-state index in [1.807, 2.05) is 44.2 Å². The summed E-state index contributed by atoms with van der Waals surface area (Å²) in [5.74, 6) is -0.355. The normalized spacial score (nSPS) is 13.6. The van der Waals surface area contributed by atoms with Gasteiger partial charge in [0.05, 0.1) is 12.1 Å². The van der Waals surface area contributed by atoms with E-state index in [2.05, 4.69) is 5.32 Å². The Bertz CT molecular complexity index is 488. The molecule has 0 aliphatic rings. The van der Waals surface area contributed by atoms with E-state index >= 15 is 0 Å². The number of unbranched alkanes of at least 4 members (excludes halogenated alkanes) is 1. The maximum atomic E-state index is 12.3. The molecule has 0 spiro atoms. The molecule has 1 aromatic carbocycles. The van der Waals surface area contributed by atoms with Gasteiger partial charge < -0.3 is 16.8 Å². The van der Waals surface area contributed by atoms with E-state index in [9.17, 15) is 9.59 Å². The third-order valence-electron chi connectivity index (χ3n) is 3.81. The summed E-state index contributed by atoms with van der Waals surface area (Å²) in [4.78, 5) is 24.6. The highest BCUT2D eigenvalue weighted by Gasteiger charge is 2.25. The van der Waals surface area contributed by atoms with Crippen molar-refractivity contribution in [2.45, 2.75) is 51.6 Å². The fraction of sp³-hybridized carbons (Fsp3) is 0.556. The number of carbonyl (C=O) groups is 2. The van der Waals surface area contributed by atoms with Crippen LogP contribution in [-0.2, 0) is 16.0 Å². The van der Waals surface area contributed by atoms with Gasteiger partial charge in [-0.05, 0) is 37.8 Å². The van der Waals surface area contributed by atoms with Crippen LogP contribution in [-0.4, -0.2) is 30.3 Å². The van der Waals surface area contributed by atoms with Gasteiger partial charge in [0.1, 0.15) is 0 Å². The van der Waals surface area contributed by atoms with Crippen LogP contribution < -0.4 is 16.8 Å². The summed E-state index contributed by atoms with van der Waals surface area (Å²) in [7, 11) is 0. The zero-order valence-corrected chi connectivity index (χ0v) is 14.1. The smallest absolute Gasteiger partial charge is 0.237 e. The molecule has 0 saturated carbocycles. The Hall–Kier alpha value is -1.72. The second-order valence-electron chi connectivity index (χ2n) is 6.20. The molecule has 0 heterocycles. The van der Waals surface area contributed by atoms with Crippen LogP contribution in [0.3, 0.4) is 0 Å². The molecular formula is C18H29N3O2. The van der Waals surface area contributed by atoms with Crippen molar-refractivity contribution in [2.75, 3.05) is 6.54 Å². The van der Waals surface area contributed by atoms with E-state index < -0.39 is 12.1 Å². The van der Waals surface area contributed by atoms with Gasteiger partial charge in [-0.25, -0.2) is 0 Å². The highest BCUT2D eigenvalue weighted by Crippen LogP contribution is 2.09. The Morgan fingerprint density at radius 1 is 1.13 bits per heavy atom. The summed E-state index contributed by atoms with van der Waals surface area (Å²) in [5, 5.41) is 2.82. The van der Waals surface area contributed by atoms with Crippen LogP contribution in [0.15, 0.2) is 30.3 Å². The van der Waals surface area contributed by atoms with E-state index in [1.165, 1.54) is 0 Å². The van der Waals surface area contributed by atoms with Crippen molar-refractivity contribution in [1.82, 2.24) is 5.32 Å². The minimum absolute atomic E-state index is 0.0438. The number of carbonyl (C=O) groups excluding carboxylic acids is 2. The zero-order valence-electron chi connectivity index (χ0n) is 14.1. The molecule has 1 rings (SSSR count). The lowest BCUT2D eigenvalue weighted by atomic mass is 9.96. The molecule has 128 valence electrons. The number of nitrogens with one attached hydrogen (secondary N) is 1. The van der Waals surface area contributed by atoms with Crippen LogP contribution in [0.1, 0.15) is 38.7 Å². The lowest BCUT2D eigenvalue weighted by molar-refractivity contribution is -0.130. The van der Waals surface area contributed by atoms with Crippen molar-refractivity contribution >= 4 is 11.7 Å². The third kappa shape index (κ3) is 6.93. The highest BCUT2D eigenvalue weighted by atomic mass is 16.2. The van der Waals surface area contributed by atoms with Gasteiger partial charge in [0.2, 0.25) is 5.91 Å². The molecule has 5 nitrogen and oxygen atoms in total. The van der Waals surface area contributed by atoms with E-state index in [4.69, 9.17) is 11.5 Å². The van der Waals surface area contributed by atoms with Crippen molar-refractivity contribution in [3.63, 3.8) is 0 Å². The molecule has 0 aromatic heterocycles. The predicted molar refractivity (Wildman–Crippen MR) is 92.8 cm³/mol. The second-order valence-corrected chi connectivity index (χ2v) is 6.20. The van der Waals surface area contributed by atoms with Crippen LogP contribution in [0, 0.1) is 5.92 Å². The SMILES string of the molecule is CC(C)C(=O)C(CCCCN)NC(=O)C(N)Cc1ccccc1. The highest BCUT2D eigenvalue weighted by molar-refractivity contribution is 5.91. The van der Waals surface area contributed by atoms with Crippen molar-refractivity contribution in [2.24, 2.45) is 17.4 Å². The first kappa shape index (κ1) is 19.3. The summed E-state index contributed by atoms with van der Waals surface area (Å²) in [5.41, 5.74) is 12.5. The number of hydrogen-bond acceptors (Lipinski definition) is 4. The Balaban J connectivity index is 2.61. The Labute approximate surface area is 138 Å². The van der Waals surface area contributed by atoms with E-state index in [0.29, 0.717) is 19.4 Å². The maximum absolute atomic E-state index is 12.3. The van der Waals surface area contributed by atoms with E-state index in [-0.39, 0.29) is 17.6 Å². The molecule has 1 amide bonds. The molecule has 0 fully saturated rings. The quantitative estimate of drug-likeness (QED) is 0.568. The average molecular weight is 319 g/mol. The van der Waals surface area contributed by atoms with E-state index in [0.717, 1.165) is 18.4 Å². The Morgan fingerprint density at radius 2 is 1.78 bits per heavy atom. The van der Waals surface area contributed by atoms with Crippen LogP contribution in [0.4, 0.5) is 0 Å². The number of benzene rings is 1. The first-order valence-electron chi connectivity index (χ1n) is 8.29. The fourth-order valence-corrected chi connectivity index (χ4v) is 2.42. The average Bonchev–Trinajstić information content (AvgIpc) is 2.54. The largest absolute Gasteiger partial charge is 0.345 e. The monoisotopic (exact) mass is 319 g/mol. The third-order valence-corrected chi connectivity index (χ3v) is 3.81. The van der Waals surface area contributed by atoms with Crippen LogP contribution in [0.5, 0.6) is 0 Å².